The Morgan fingerprint density at radius 3 is 3.17 bits per heavy atom. The van der Waals surface area contributed by atoms with E-state index in [9.17, 15) is 0 Å². The number of aromatic nitrogens is 3. The van der Waals surface area contributed by atoms with Crippen molar-refractivity contribution >= 4 is 0 Å². The van der Waals surface area contributed by atoms with E-state index in [0.29, 0.717) is 19.5 Å². The third-order valence-electron chi connectivity index (χ3n) is 2.69. The van der Waals surface area contributed by atoms with Gasteiger partial charge < -0.3 is 14.8 Å². The number of nitrogens with zero attached hydrogens (tertiary/aromatic N) is 3. The number of aliphatic hydroxyl groups excluding tert-OH is 1. The zero-order chi connectivity index (χ0) is 12.8. The fourth-order valence-electron chi connectivity index (χ4n) is 1.66. The van der Waals surface area contributed by atoms with Crippen LogP contribution in [0.4, 0.5) is 0 Å². The summed E-state index contributed by atoms with van der Waals surface area (Å²) in [5.41, 5.74) is 0.881. The molecule has 6 nitrogen and oxygen atoms in total. The summed E-state index contributed by atoms with van der Waals surface area (Å²) in [6.45, 7) is 3.54. The second-order valence-corrected chi connectivity index (χ2v) is 4.17. The van der Waals surface area contributed by atoms with Gasteiger partial charge in [0.05, 0.1) is 18.0 Å². The van der Waals surface area contributed by atoms with E-state index < -0.39 is 0 Å². The van der Waals surface area contributed by atoms with Crippen molar-refractivity contribution in [1.29, 1.82) is 0 Å². The first-order valence-corrected chi connectivity index (χ1v) is 6.06. The lowest BCUT2D eigenvalue weighted by molar-refractivity contribution is 0.276. The third kappa shape index (κ3) is 3.41. The number of hydrogen-bond donors (Lipinski definition) is 2. The van der Waals surface area contributed by atoms with Gasteiger partial charge in [-0.3, -0.25) is 4.68 Å². The minimum atomic E-state index is 0.141. The highest BCUT2D eigenvalue weighted by Crippen LogP contribution is 2.12. The first-order valence-electron chi connectivity index (χ1n) is 6.06. The van der Waals surface area contributed by atoms with Crippen LogP contribution in [0.1, 0.15) is 30.8 Å². The molecular weight excluding hydrogens is 232 g/mol. The Balaban J connectivity index is 1.81. The molecule has 0 spiro atoms. The number of nitrogens with one attached hydrogen (secondary N) is 1. The summed E-state index contributed by atoms with van der Waals surface area (Å²) in [5, 5.41) is 20.1. The van der Waals surface area contributed by atoms with Gasteiger partial charge in [0.15, 0.2) is 0 Å². The molecule has 1 unspecified atom stereocenters. The van der Waals surface area contributed by atoms with Gasteiger partial charge in [0.1, 0.15) is 5.76 Å². The average molecular weight is 250 g/mol. The molecule has 0 bridgehead atoms. The Morgan fingerprint density at radius 1 is 1.56 bits per heavy atom. The zero-order valence-corrected chi connectivity index (χ0v) is 10.4. The van der Waals surface area contributed by atoms with E-state index in [1.54, 1.807) is 10.9 Å². The Labute approximate surface area is 106 Å². The van der Waals surface area contributed by atoms with Crippen LogP contribution in [0.2, 0.25) is 0 Å². The first-order chi connectivity index (χ1) is 8.79. The van der Waals surface area contributed by atoms with Crippen LogP contribution in [0, 0.1) is 0 Å². The predicted molar refractivity (Wildman–Crippen MR) is 65.7 cm³/mol. The lowest BCUT2D eigenvalue weighted by Crippen LogP contribution is -2.17. The van der Waals surface area contributed by atoms with Gasteiger partial charge >= 0.3 is 0 Å². The maximum Gasteiger partial charge on any atom is 0.120 e. The van der Waals surface area contributed by atoms with Gasteiger partial charge in [0.25, 0.3) is 0 Å². The molecule has 0 aliphatic rings. The SMILES string of the molecule is CC(NCc1cn(CCCO)nn1)c1ccco1. The summed E-state index contributed by atoms with van der Waals surface area (Å²) in [4.78, 5) is 0. The number of hydrogen-bond acceptors (Lipinski definition) is 5. The van der Waals surface area contributed by atoms with Crippen molar-refractivity contribution < 1.29 is 9.52 Å². The molecule has 6 heteroatoms. The first kappa shape index (κ1) is 12.8. The molecule has 2 N–H and O–H groups in total. The molecule has 1 atom stereocenters. The van der Waals surface area contributed by atoms with Crippen molar-refractivity contribution in [2.24, 2.45) is 0 Å². The molecule has 0 aliphatic heterocycles. The Morgan fingerprint density at radius 2 is 2.44 bits per heavy atom. The van der Waals surface area contributed by atoms with Crippen LogP contribution in [0.3, 0.4) is 0 Å². The molecule has 2 aromatic heterocycles. The summed E-state index contributed by atoms with van der Waals surface area (Å²) in [5.74, 6) is 0.905. The number of aliphatic hydroxyl groups is 1. The molecule has 2 heterocycles. The molecule has 0 aliphatic carbocycles. The summed E-state index contributed by atoms with van der Waals surface area (Å²) in [6.07, 6.45) is 4.25. The fourth-order valence-corrected chi connectivity index (χ4v) is 1.66. The van der Waals surface area contributed by atoms with E-state index in [0.717, 1.165) is 11.5 Å². The van der Waals surface area contributed by atoms with E-state index in [-0.39, 0.29) is 12.6 Å². The van der Waals surface area contributed by atoms with Gasteiger partial charge in [0.2, 0.25) is 0 Å². The van der Waals surface area contributed by atoms with E-state index in [2.05, 4.69) is 15.6 Å². The molecule has 18 heavy (non-hydrogen) atoms. The molecule has 98 valence electrons. The highest BCUT2D eigenvalue weighted by atomic mass is 16.3. The normalized spacial score (nSPS) is 12.8. The predicted octanol–water partition coefficient (Wildman–Crippen LogP) is 1.10. The highest BCUT2D eigenvalue weighted by Gasteiger charge is 2.08. The quantitative estimate of drug-likeness (QED) is 0.769. The lowest BCUT2D eigenvalue weighted by Gasteiger charge is -2.09. The largest absolute Gasteiger partial charge is 0.468 e. The molecule has 0 aromatic carbocycles. The van der Waals surface area contributed by atoms with Crippen molar-refractivity contribution in [3.8, 4) is 0 Å². The minimum absolute atomic E-state index is 0.141. The molecule has 2 rings (SSSR count). The molecule has 0 radical (unpaired) electrons. The minimum Gasteiger partial charge on any atom is -0.468 e. The maximum absolute atomic E-state index is 8.73. The molecule has 0 amide bonds. The van der Waals surface area contributed by atoms with Crippen molar-refractivity contribution in [2.75, 3.05) is 6.61 Å². The zero-order valence-electron chi connectivity index (χ0n) is 10.4. The van der Waals surface area contributed by atoms with Gasteiger partial charge in [-0.15, -0.1) is 5.10 Å². The molecule has 0 fully saturated rings. The topological polar surface area (TPSA) is 76.1 Å². The second kappa shape index (κ2) is 6.32. The summed E-state index contributed by atoms with van der Waals surface area (Å²) in [6, 6.07) is 3.96. The summed E-state index contributed by atoms with van der Waals surface area (Å²) < 4.78 is 7.05. The molecule has 0 saturated heterocycles. The van der Waals surface area contributed by atoms with Crippen LogP contribution >= 0.6 is 0 Å². The van der Waals surface area contributed by atoms with E-state index in [4.69, 9.17) is 9.52 Å². The van der Waals surface area contributed by atoms with E-state index >= 15 is 0 Å². The van der Waals surface area contributed by atoms with Crippen LogP contribution in [0.15, 0.2) is 29.0 Å². The van der Waals surface area contributed by atoms with Crippen LogP contribution in [-0.2, 0) is 13.1 Å². The number of furan rings is 1. The fraction of sp³-hybridized carbons (Fsp3) is 0.500. The molecule has 0 saturated carbocycles. The lowest BCUT2D eigenvalue weighted by atomic mass is 10.2. The van der Waals surface area contributed by atoms with Crippen molar-refractivity contribution in [3.05, 3.63) is 36.0 Å². The van der Waals surface area contributed by atoms with Crippen LogP contribution < -0.4 is 5.32 Å². The van der Waals surface area contributed by atoms with Crippen LogP contribution in [-0.4, -0.2) is 26.7 Å². The number of rotatable bonds is 7. The standard InChI is InChI=1S/C12H18N4O2/c1-10(12-4-2-7-18-12)13-8-11-9-16(15-14-11)5-3-6-17/h2,4,7,9-10,13,17H,3,5-6,8H2,1H3. The van der Waals surface area contributed by atoms with Gasteiger partial charge in [-0.25, -0.2) is 0 Å². The Kier molecular flexibility index (Phi) is 4.49. The highest BCUT2D eigenvalue weighted by molar-refractivity contribution is 5.03. The smallest absolute Gasteiger partial charge is 0.120 e. The Bertz CT molecular complexity index is 452. The Hall–Kier alpha value is -1.66. The average Bonchev–Trinajstić information content (AvgIpc) is 3.04. The number of aryl methyl sites for hydroxylation is 1. The van der Waals surface area contributed by atoms with Gasteiger partial charge in [-0.2, -0.15) is 0 Å². The summed E-state index contributed by atoms with van der Waals surface area (Å²) in [7, 11) is 0. The van der Waals surface area contributed by atoms with Gasteiger partial charge in [0, 0.05) is 25.9 Å². The van der Waals surface area contributed by atoms with Gasteiger partial charge in [-0.05, 0) is 25.5 Å². The van der Waals surface area contributed by atoms with Crippen molar-refractivity contribution in [3.63, 3.8) is 0 Å². The van der Waals surface area contributed by atoms with Crippen molar-refractivity contribution in [1.82, 2.24) is 20.3 Å². The van der Waals surface area contributed by atoms with Crippen molar-refractivity contribution in [2.45, 2.75) is 32.5 Å². The third-order valence-corrected chi connectivity index (χ3v) is 2.69. The second-order valence-electron chi connectivity index (χ2n) is 4.17. The summed E-state index contributed by atoms with van der Waals surface area (Å²) >= 11 is 0. The van der Waals surface area contributed by atoms with Gasteiger partial charge in [-0.1, -0.05) is 5.21 Å². The van der Waals surface area contributed by atoms with E-state index in [1.165, 1.54) is 0 Å². The van der Waals surface area contributed by atoms with Crippen LogP contribution in [0.5, 0.6) is 0 Å². The van der Waals surface area contributed by atoms with E-state index in [1.807, 2.05) is 25.3 Å². The van der Waals surface area contributed by atoms with Crippen LogP contribution in [0.25, 0.3) is 0 Å². The molecule has 2 aromatic rings. The maximum atomic E-state index is 8.73. The molecular formula is C12H18N4O2. The monoisotopic (exact) mass is 250 g/mol.